The molecular formula is C19H19F3N4O5S. The zero-order valence-electron chi connectivity index (χ0n) is 16.8. The molecule has 1 N–H and O–H groups in total. The molecule has 1 fully saturated rings. The zero-order valence-corrected chi connectivity index (χ0v) is 17.6. The molecule has 0 saturated carbocycles. The molecule has 1 heterocycles. The van der Waals surface area contributed by atoms with E-state index in [9.17, 15) is 36.5 Å². The molecule has 1 amide bonds. The molecule has 1 saturated heterocycles. The topological polar surface area (TPSA) is 113 Å². The second-order valence-electron chi connectivity index (χ2n) is 6.96. The quantitative estimate of drug-likeness (QED) is 0.529. The van der Waals surface area contributed by atoms with Crippen LogP contribution in [-0.4, -0.2) is 61.7 Å². The van der Waals surface area contributed by atoms with Crippen LogP contribution in [0.25, 0.3) is 0 Å². The lowest BCUT2D eigenvalue weighted by Gasteiger charge is -2.34. The van der Waals surface area contributed by atoms with Crippen molar-refractivity contribution in [3.8, 4) is 0 Å². The minimum atomic E-state index is -4.58. The molecule has 2 aromatic carbocycles. The average Bonchev–Trinajstić information content (AvgIpc) is 2.77. The number of amides is 1. The molecule has 0 aromatic heterocycles. The van der Waals surface area contributed by atoms with Gasteiger partial charge in [-0.05, 0) is 30.3 Å². The number of hydrogen-bond acceptors (Lipinski definition) is 6. The van der Waals surface area contributed by atoms with Crippen LogP contribution in [0.15, 0.2) is 47.4 Å². The van der Waals surface area contributed by atoms with E-state index in [0.717, 1.165) is 22.5 Å². The Hall–Kier alpha value is -3.19. The summed E-state index contributed by atoms with van der Waals surface area (Å²) >= 11 is 0. The molecule has 0 spiro atoms. The van der Waals surface area contributed by atoms with Crippen molar-refractivity contribution < 1.29 is 31.3 Å². The number of nitro benzene ring substituents is 1. The smallest absolute Gasteiger partial charge is 0.387 e. The van der Waals surface area contributed by atoms with Crippen LogP contribution in [0, 0.1) is 10.1 Å². The first kappa shape index (κ1) is 23.5. The predicted molar refractivity (Wildman–Crippen MR) is 109 cm³/mol. The Morgan fingerprint density at radius 1 is 1.06 bits per heavy atom. The van der Waals surface area contributed by atoms with Crippen molar-refractivity contribution in [2.75, 3.05) is 38.5 Å². The molecule has 2 aromatic rings. The Balaban J connectivity index is 1.74. The van der Waals surface area contributed by atoms with E-state index in [1.165, 1.54) is 17.0 Å². The monoisotopic (exact) mass is 472 g/mol. The van der Waals surface area contributed by atoms with Gasteiger partial charge >= 0.3 is 6.18 Å². The molecule has 1 aliphatic rings. The fourth-order valence-corrected chi connectivity index (χ4v) is 4.73. The van der Waals surface area contributed by atoms with Gasteiger partial charge in [-0.3, -0.25) is 14.9 Å². The van der Waals surface area contributed by atoms with Gasteiger partial charge in [0.1, 0.15) is 0 Å². The van der Waals surface area contributed by atoms with E-state index in [0.29, 0.717) is 17.8 Å². The number of nitrogens with zero attached hydrogens (tertiary/aromatic N) is 3. The van der Waals surface area contributed by atoms with Crippen LogP contribution in [0.1, 0.15) is 15.9 Å². The molecule has 32 heavy (non-hydrogen) atoms. The first-order valence-electron chi connectivity index (χ1n) is 9.38. The van der Waals surface area contributed by atoms with Crippen LogP contribution in [0.2, 0.25) is 0 Å². The summed E-state index contributed by atoms with van der Waals surface area (Å²) in [5.41, 5.74) is -0.735. The van der Waals surface area contributed by atoms with Crippen LogP contribution in [0.3, 0.4) is 0 Å². The standard InChI is InChI=1S/C19H19F3N4O5S/c1-23-17-7-4-14(26(28)29)12-16(17)18(27)24-8-10-25(11-9-24)32(30,31)15-5-2-13(3-6-15)19(20,21)22/h2-7,12,23H,8-11H2,1H3. The van der Waals surface area contributed by atoms with Crippen molar-refractivity contribution >= 4 is 27.3 Å². The van der Waals surface area contributed by atoms with Crippen molar-refractivity contribution in [1.82, 2.24) is 9.21 Å². The highest BCUT2D eigenvalue weighted by atomic mass is 32.2. The van der Waals surface area contributed by atoms with Crippen LogP contribution in [0.5, 0.6) is 0 Å². The van der Waals surface area contributed by atoms with Gasteiger partial charge in [-0.15, -0.1) is 0 Å². The maximum absolute atomic E-state index is 12.9. The third-order valence-electron chi connectivity index (χ3n) is 5.06. The highest BCUT2D eigenvalue weighted by molar-refractivity contribution is 7.89. The number of nitro groups is 1. The number of benzene rings is 2. The minimum Gasteiger partial charge on any atom is -0.387 e. The summed E-state index contributed by atoms with van der Waals surface area (Å²) < 4.78 is 64.8. The van der Waals surface area contributed by atoms with E-state index in [-0.39, 0.29) is 42.3 Å². The predicted octanol–water partition coefficient (Wildman–Crippen LogP) is 2.80. The van der Waals surface area contributed by atoms with Gasteiger partial charge in [0, 0.05) is 51.0 Å². The van der Waals surface area contributed by atoms with Crippen LogP contribution < -0.4 is 5.32 Å². The van der Waals surface area contributed by atoms with Gasteiger partial charge in [0.25, 0.3) is 11.6 Å². The Kier molecular flexibility index (Phi) is 6.41. The molecule has 0 radical (unpaired) electrons. The molecule has 0 unspecified atom stereocenters. The third kappa shape index (κ3) is 4.67. The van der Waals surface area contributed by atoms with Crippen LogP contribution in [0.4, 0.5) is 24.5 Å². The lowest BCUT2D eigenvalue weighted by molar-refractivity contribution is -0.384. The van der Waals surface area contributed by atoms with Crippen molar-refractivity contribution in [2.24, 2.45) is 0 Å². The van der Waals surface area contributed by atoms with Crippen molar-refractivity contribution in [3.05, 3.63) is 63.7 Å². The molecule has 0 bridgehead atoms. The largest absolute Gasteiger partial charge is 0.416 e. The molecule has 3 rings (SSSR count). The number of alkyl halides is 3. The second kappa shape index (κ2) is 8.74. The molecule has 0 atom stereocenters. The van der Waals surface area contributed by atoms with Crippen molar-refractivity contribution in [2.45, 2.75) is 11.1 Å². The fraction of sp³-hybridized carbons (Fsp3) is 0.316. The number of sulfonamides is 1. The number of carbonyl (C=O) groups excluding carboxylic acids is 1. The zero-order chi connectivity index (χ0) is 23.7. The third-order valence-corrected chi connectivity index (χ3v) is 6.97. The SMILES string of the molecule is CNc1ccc([N+](=O)[O-])cc1C(=O)N1CCN(S(=O)(=O)c2ccc(C(F)(F)F)cc2)CC1. The highest BCUT2D eigenvalue weighted by Gasteiger charge is 2.33. The van der Waals surface area contributed by atoms with Crippen LogP contribution in [-0.2, 0) is 16.2 Å². The van der Waals surface area contributed by atoms with E-state index >= 15 is 0 Å². The number of anilines is 1. The van der Waals surface area contributed by atoms with E-state index in [4.69, 9.17) is 0 Å². The summed E-state index contributed by atoms with van der Waals surface area (Å²) in [4.78, 5) is 24.4. The van der Waals surface area contributed by atoms with Gasteiger partial charge in [0.15, 0.2) is 0 Å². The van der Waals surface area contributed by atoms with E-state index < -0.39 is 32.6 Å². The Morgan fingerprint density at radius 2 is 1.66 bits per heavy atom. The highest BCUT2D eigenvalue weighted by Crippen LogP contribution is 2.30. The van der Waals surface area contributed by atoms with E-state index in [1.807, 2.05) is 0 Å². The molecule has 9 nitrogen and oxygen atoms in total. The lowest BCUT2D eigenvalue weighted by atomic mass is 10.1. The van der Waals surface area contributed by atoms with Gasteiger partial charge < -0.3 is 10.2 Å². The summed E-state index contributed by atoms with van der Waals surface area (Å²) in [5.74, 6) is -0.496. The van der Waals surface area contributed by atoms with Gasteiger partial charge in [0.05, 0.1) is 20.9 Å². The summed E-state index contributed by atoms with van der Waals surface area (Å²) in [6.45, 7) is -0.104. The summed E-state index contributed by atoms with van der Waals surface area (Å²) in [6, 6.07) is 7.03. The summed E-state index contributed by atoms with van der Waals surface area (Å²) in [6.07, 6.45) is -4.58. The second-order valence-corrected chi connectivity index (χ2v) is 8.89. The number of rotatable bonds is 5. The number of piperazine rings is 1. The first-order valence-corrected chi connectivity index (χ1v) is 10.8. The number of nitrogens with one attached hydrogen (secondary N) is 1. The number of halogens is 3. The van der Waals surface area contributed by atoms with Crippen molar-refractivity contribution in [1.29, 1.82) is 0 Å². The fourth-order valence-electron chi connectivity index (χ4n) is 3.31. The molecule has 0 aliphatic carbocycles. The molecule has 172 valence electrons. The number of hydrogen-bond donors (Lipinski definition) is 1. The Labute approximate surface area is 181 Å². The van der Waals surface area contributed by atoms with Gasteiger partial charge in [0.2, 0.25) is 10.0 Å². The Bertz CT molecular complexity index is 1130. The minimum absolute atomic E-state index is 0.0184. The molecule has 13 heteroatoms. The average molecular weight is 472 g/mol. The van der Waals surface area contributed by atoms with Gasteiger partial charge in [-0.2, -0.15) is 17.5 Å². The summed E-state index contributed by atoms with van der Waals surface area (Å²) in [5, 5.41) is 13.8. The van der Waals surface area contributed by atoms with Crippen molar-refractivity contribution in [3.63, 3.8) is 0 Å². The summed E-state index contributed by atoms with van der Waals surface area (Å²) in [7, 11) is -2.48. The molecule has 1 aliphatic heterocycles. The first-order chi connectivity index (χ1) is 14.9. The van der Waals surface area contributed by atoms with Gasteiger partial charge in [-0.1, -0.05) is 0 Å². The normalized spacial score (nSPS) is 15.4. The van der Waals surface area contributed by atoms with E-state index in [1.54, 1.807) is 7.05 Å². The maximum Gasteiger partial charge on any atom is 0.416 e. The van der Waals surface area contributed by atoms with Gasteiger partial charge in [-0.25, -0.2) is 8.42 Å². The molecular weight excluding hydrogens is 453 g/mol. The number of carbonyl (C=O) groups is 1. The van der Waals surface area contributed by atoms with E-state index in [2.05, 4.69) is 5.32 Å². The lowest BCUT2D eigenvalue weighted by Crippen LogP contribution is -2.50. The van der Waals surface area contributed by atoms with Crippen LogP contribution >= 0.6 is 0 Å². The Morgan fingerprint density at radius 3 is 2.16 bits per heavy atom. The number of non-ortho nitro benzene ring substituents is 1. The maximum atomic E-state index is 12.9.